The highest BCUT2D eigenvalue weighted by Crippen LogP contribution is 2.21. The SMILES string of the molecule is CCCNC(CCN(CC)CC)c1ccc(F)cc1F. The van der Waals surface area contributed by atoms with E-state index < -0.39 is 11.6 Å². The highest BCUT2D eigenvalue weighted by atomic mass is 19.1. The van der Waals surface area contributed by atoms with Gasteiger partial charge >= 0.3 is 0 Å². The maximum Gasteiger partial charge on any atom is 0.130 e. The molecule has 0 aliphatic rings. The molecule has 1 rings (SSSR count). The van der Waals surface area contributed by atoms with E-state index in [1.807, 2.05) is 0 Å². The van der Waals surface area contributed by atoms with Crippen LogP contribution in [-0.4, -0.2) is 31.1 Å². The second-order valence-corrected chi connectivity index (χ2v) is 4.99. The third kappa shape index (κ3) is 5.17. The van der Waals surface area contributed by atoms with Gasteiger partial charge in [-0.1, -0.05) is 26.8 Å². The van der Waals surface area contributed by atoms with Gasteiger partial charge in [-0.3, -0.25) is 0 Å². The van der Waals surface area contributed by atoms with Gasteiger partial charge in [0.1, 0.15) is 11.6 Å². The van der Waals surface area contributed by atoms with Crippen LogP contribution < -0.4 is 5.32 Å². The Balaban J connectivity index is 2.77. The van der Waals surface area contributed by atoms with Crippen LogP contribution in [0.3, 0.4) is 0 Å². The fourth-order valence-electron chi connectivity index (χ4n) is 2.32. The first-order valence-corrected chi connectivity index (χ1v) is 7.53. The van der Waals surface area contributed by atoms with Gasteiger partial charge in [0, 0.05) is 17.7 Å². The van der Waals surface area contributed by atoms with Crippen LogP contribution in [0.2, 0.25) is 0 Å². The van der Waals surface area contributed by atoms with Crippen molar-refractivity contribution in [1.82, 2.24) is 10.2 Å². The van der Waals surface area contributed by atoms with E-state index in [1.54, 1.807) is 6.07 Å². The molecule has 2 nitrogen and oxygen atoms in total. The molecule has 1 N–H and O–H groups in total. The monoisotopic (exact) mass is 284 g/mol. The van der Waals surface area contributed by atoms with Crippen molar-refractivity contribution in [3.63, 3.8) is 0 Å². The maximum atomic E-state index is 13.9. The molecule has 4 heteroatoms. The Morgan fingerprint density at radius 1 is 1.15 bits per heavy atom. The molecular weight excluding hydrogens is 258 g/mol. The average Bonchev–Trinajstić information content (AvgIpc) is 2.44. The number of halogens is 2. The summed E-state index contributed by atoms with van der Waals surface area (Å²) < 4.78 is 26.9. The fraction of sp³-hybridized carbons (Fsp3) is 0.625. The summed E-state index contributed by atoms with van der Waals surface area (Å²) in [5, 5.41) is 3.36. The second-order valence-electron chi connectivity index (χ2n) is 4.99. The average molecular weight is 284 g/mol. The molecule has 0 heterocycles. The number of hydrogen-bond donors (Lipinski definition) is 1. The van der Waals surface area contributed by atoms with E-state index in [1.165, 1.54) is 6.07 Å². The van der Waals surface area contributed by atoms with Crippen molar-refractivity contribution in [2.75, 3.05) is 26.2 Å². The van der Waals surface area contributed by atoms with Gasteiger partial charge in [-0.05, 0) is 45.1 Å². The second kappa shape index (κ2) is 9.03. The Morgan fingerprint density at radius 3 is 2.40 bits per heavy atom. The summed E-state index contributed by atoms with van der Waals surface area (Å²) in [7, 11) is 0. The molecular formula is C16H26F2N2. The van der Waals surface area contributed by atoms with E-state index >= 15 is 0 Å². The van der Waals surface area contributed by atoms with Crippen LogP contribution in [-0.2, 0) is 0 Å². The van der Waals surface area contributed by atoms with Crippen molar-refractivity contribution in [2.24, 2.45) is 0 Å². The number of hydrogen-bond acceptors (Lipinski definition) is 2. The largest absolute Gasteiger partial charge is 0.310 e. The van der Waals surface area contributed by atoms with Crippen LogP contribution in [0.15, 0.2) is 18.2 Å². The molecule has 1 atom stereocenters. The van der Waals surface area contributed by atoms with E-state index in [0.717, 1.165) is 45.1 Å². The lowest BCUT2D eigenvalue weighted by molar-refractivity contribution is 0.280. The van der Waals surface area contributed by atoms with Gasteiger partial charge in [0.05, 0.1) is 0 Å². The van der Waals surface area contributed by atoms with Crippen LogP contribution in [0, 0.1) is 11.6 Å². The Morgan fingerprint density at radius 2 is 1.85 bits per heavy atom. The normalized spacial score (nSPS) is 12.9. The van der Waals surface area contributed by atoms with Crippen molar-refractivity contribution in [3.8, 4) is 0 Å². The van der Waals surface area contributed by atoms with Crippen LogP contribution in [0.25, 0.3) is 0 Å². The predicted molar refractivity (Wildman–Crippen MR) is 79.8 cm³/mol. The summed E-state index contributed by atoms with van der Waals surface area (Å²) in [5.41, 5.74) is 0.562. The summed E-state index contributed by atoms with van der Waals surface area (Å²) in [6.45, 7) is 10.0. The van der Waals surface area contributed by atoms with Crippen LogP contribution in [0.1, 0.15) is 45.2 Å². The van der Waals surface area contributed by atoms with E-state index in [9.17, 15) is 8.78 Å². The van der Waals surface area contributed by atoms with Crippen molar-refractivity contribution in [3.05, 3.63) is 35.4 Å². The summed E-state index contributed by atoms with van der Waals surface area (Å²) in [6, 6.07) is 3.79. The number of nitrogens with zero attached hydrogens (tertiary/aromatic N) is 1. The quantitative estimate of drug-likeness (QED) is 0.743. The molecule has 20 heavy (non-hydrogen) atoms. The van der Waals surface area contributed by atoms with Gasteiger partial charge in [0.2, 0.25) is 0 Å². The first-order chi connectivity index (χ1) is 9.62. The number of rotatable bonds is 9. The molecule has 0 bridgehead atoms. The molecule has 114 valence electrons. The van der Waals surface area contributed by atoms with Crippen LogP contribution in [0.5, 0.6) is 0 Å². The summed E-state index contributed by atoms with van der Waals surface area (Å²) in [6.07, 6.45) is 1.81. The predicted octanol–water partition coefficient (Wildman–Crippen LogP) is 3.74. The summed E-state index contributed by atoms with van der Waals surface area (Å²) in [5.74, 6) is -0.984. The zero-order valence-corrected chi connectivity index (χ0v) is 12.8. The highest BCUT2D eigenvalue weighted by molar-refractivity contribution is 5.22. The van der Waals surface area contributed by atoms with E-state index in [0.29, 0.717) is 5.56 Å². The lowest BCUT2D eigenvalue weighted by atomic mass is 10.0. The van der Waals surface area contributed by atoms with Gasteiger partial charge in [-0.25, -0.2) is 8.78 Å². The molecule has 0 amide bonds. The lowest BCUT2D eigenvalue weighted by Crippen LogP contribution is -2.30. The molecule has 0 saturated carbocycles. The first kappa shape index (κ1) is 17.1. The highest BCUT2D eigenvalue weighted by Gasteiger charge is 2.16. The van der Waals surface area contributed by atoms with Crippen LogP contribution in [0.4, 0.5) is 8.78 Å². The Bertz CT molecular complexity index is 392. The first-order valence-electron chi connectivity index (χ1n) is 7.53. The summed E-state index contributed by atoms with van der Waals surface area (Å²) >= 11 is 0. The van der Waals surface area contributed by atoms with Crippen LogP contribution >= 0.6 is 0 Å². The van der Waals surface area contributed by atoms with Gasteiger partial charge in [0.15, 0.2) is 0 Å². The maximum absolute atomic E-state index is 13.9. The topological polar surface area (TPSA) is 15.3 Å². The number of nitrogens with one attached hydrogen (secondary N) is 1. The molecule has 1 aromatic rings. The van der Waals surface area contributed by atoms with Gasteiger partial charge < -0.3 is 10.2 Å². The standard InChI is InChI=1S/C16H26F2N2/c1-4-10-19-16(9-11-20(5-2)6-3)14-8-7-13(17)12-15(14)18/h7-8,12,16,19H,4-6,9-11H2,1-3H3. The minimum Gasteiger partial charge on any atom is -0.310 e. The van der Waals surface area contributed by atoms with Crippen molar-refractivity contribution in [1.29, 1.82) is 0 Å². The van der Waals surface area contributed by atoms with Gasteiger partial charge in [0.25, 0.3) is 0 Å². The molecule has 0 aliphatic heterocycles. The number of benzene rings is 1. The zero-order chi connectivity index (χ0) is 15.0. The molecule has 1 unspecified atom stereocenters. The summed E-state index contributed by atoms with van der Waals surface area (Å²) in [4.78, 5) is 2.31. The van der Waals surface area contributed by atoms with Crippen molar-refractivity contribution < 1.29 is 8.78 Å². The Hall–Kier alpha value is -1.00. The molecule has 0 radical (unpaired) electrons. The lowest BCUT2D eigenvalue weighted by Gasteiger charge is -2.24. The molecule has 0 fully saturated rings. The third-order valence-electron chi connectivity index (χ3n) is 3.61. The molecule has 0 aliphatic carbocycles. The zero-order valence-electron chi connectivity index (χ0n) is 12.8. The smallest absolute Gasteiger partial charge is 0.130 e. The Kier molecular flexibility index (Phi) is 7.70. The molecule has 0 aromatic heterocycles. The van der Waals surface area contributed by atoms with Gasteiger partial charge in [-0.15, -0.1) is 0 Å². The fourth-order valence-corrected chi connectivity index (χ4v) is 2.32. The minimum absolute atomic E-state index is 0.0591. The van der Waals surface area contributed by atoms with E-state index in [4.69, 9.17) is 0 Å². The van der Waals surface area contributed by atoms with E-state index in [-0.39, 0.29) is 6.04 Å². The van der Waals surface area contributed by atoms with Gasteiger partial charge in [-0.2, -0.15) is 0 Å². The third-order valence-corrected chi connectivity index (χ3v) is 3.61. The molecule has 1 aromatic carbocycles. The molecule has 0 spiro atoms. The van der Waals surface area contributed by atoms with Crippen molar-refractivity contribution >= 4 is 0 Å². The Labute approximate surface area is 121 Å². The van der Waals surface area contributed by atoms with Crippen molar-refractivity contribution in [2.45, 2.75) is 39.7 Å². The minimum atomic E-state index is -0.524. The van der Waals surface area contributed by atoms with E-state index in [2.05, 4.69) is 31.0 Å². The molecule has 0 saturated heterocycles.